The highest BCUT2D eigenvalue weighted by atomic mass is 16.6. The van der Waals surface area contributed by atoms with Gasteiger partial charge in [0.1, 0.15) is 19.3 Å². The number of aromatic nitrogens is 2. The molecule has 0 saturated carbocycles. The number of fused-ring (bicyclic) bond motifs is 2. The minimum atomic E-state index is -0.936. The van der Waals surface area contributed by atoms with Crippen LogP contribution in [-0.2, 0) is 16.0 Å². The molecule has 0 radical (unpaired) electrons. The highest BCUT2D eigenvalue weighted by Gasteiger charge is 2.34. The van der Waals surface area contributed by atoms with Gasteiger partial charge in [0.25, 0.3) is 0 Å². The number of carbonyl (C=O) groups is 2. The Morgan fingerprint density at radius 3 is 2.84 bits per heavy atom. The number of rotatable bonds is 10. The third-order valence-corrected chi connectivity index (χ3v) is 6.30. The second-order valence-corrected chi connectivity index (χ2v) is 8.87. The van der Waals surface area contributed by atoms with Crippen LogP contribution in [0, 0.1) is 0 Å². The molecule has 2 aromatic heterocycles. The molecule has 0 unspecified atom stereocenters. The van der Waals surface area contributed by atoms with Crippen LogP contribution >= 0.6 is 0 Å². The normalized spacial score (nSPS) is 16.8. The smallest absolute Gasteiger partial charge is 0.414 e. The van der Waals surface area contributed by atoms with Crippen LogP contribution in [0.4, 0.5) is 10.5 Å². The van der Waals surface area contributed by atoms with Crippen molar-refractivity contribution < 1.29 is 33.6 Å². The predicted octanol–water partition coefficient (Wildman–Crippen LogP) is 2.75. The van der Waals surface area contributed by atoms with E-state index < -0.39 is 18.2 Å². The van der Waals surface area contributed by atoms with Crippen molar-refractivity contribution in [1.29, 1.82) is 0 Å². The molecule has 1 fully saturated rings. The second kappa shape index (κ2) is 10.9. The van der Waals surface area contributed by atoms with E-state index >= 15 is 0 Å². The summed E-state index contributed by atoms with van der Waals surface area (Å²) in [6, 6.07) is 10.9. The van der Waals surface area contributed by atoms with E-state index in [4.69, 9.17) is 18.9 Å². The van der Waals surface area contributed by atoms with Crippen LogP contribution in [-0.4, -0.2) is 84.6 Å². The minimum Gasteiger partial charge on any atom is -0.486 e. The van der Waals surface area contributed by atoms with E-state index in [-0.39, 0.29) is 6.54 Å². The Balaban J connectivity index is 1.22. The fourth-order valence-corrected chi connectivity index (χ4v) is 4.61. The summed E-state index contributed by atoms with van der Waals surface area (Å²) in [6.07, 6.45) is 2.18. The number of hydrogen-bond acceptors (Lipinski definition) is 9. The first-order valence-electron chi connectivity index (χ1n) is 12.1. The first-order chi connectivity index (χ1) is 18.0. The number of benzene rings is 1. The number of carboxylic acid groups (broad SMARTS) is 1. The van der Waals surface area contributed by atoms with Crippen molar-refractivity contribution in [2.24, 2.45) is 0 Å². The molecule has 0 bridgehead atoms. The van der Waals surface area contributed by atoms with Crippen LogP contribution in [0.2, 0.25) is 0 Å². The zero-order chi connectivity index (χ0) is 25.8. The van der Waals surface area contributed by atoms with Crippen molar-refractivity contribution in [3.05, 3.63) is 48.2 Å². The molecule has 2 aliphatic rings. The average Bonchev–Trinajstić information content (AvgIpc) is 3.27. The summed E-state index contributed by atoms with van der Waals surface area (Å²) >= 11 is 0. The molecule has 5 rings (SSSR count). The van der Waals surface area contributed by atoms with Crippen molar-refractivity contribution in [3.8, 4) is 17.4 Å². The van der Waals surface area contributed by atoms with E-state index in [1.807, 2.05) is 12.1 Å². The van der Waals surface area contributed by atoms with Crippen LogP contribution in [0.1, 0.15) is 12.0 Å². The van der Waals surface area contributed by atoms with Gasteiger partial charge in [-0.2, -0.15) is 0 Å². The summed E-state index contributed by atoms with van der Waals surface area (Å²) in [5, 5.41) is 9.45. The first kappa shape index (κ1) is 24.6. The van der Waals surface area contributed by atoms with Gasteiger partial charge in [0.05, 0.1) is 36.9 Å². The first-order valence-corrected chi connectivity index (χ1v) is 12.1. The maximum Gasteiger partial charge on any atom is 0.414 e. The minimum absolute atomic E-state index is 0.152. The number of aliphatic carboxylic acids is 1. The lowest BCUT2D eigenvalue weighted by molar-refractivity contribution is -0.138. The van der Waals surface area contributed by atoms with Crippen molar-refractivity contribution in [2.75, 3.05) is 51.4 Å². The zero-order valence-electron chi connectivity index (χ0n) is 20.5. The molecule has 1 N–H and O–H groups in total. The van der Waals surface area contributed by atoms with E-state index in [1.54, 1.807) is 42.5 Å². The maximum absolute atomic E-state index is 12.6. The molecule has 1 atom stereocenters. The molecule has 4 heterocycles. The number of aryl methyl sites for hydroxylation is 1. The number of carbonyl (C=O) groups excluding carboxylic acids is 1. The molecule has 11 heteroatoms. The number of methoxy groups -OCH3 is 1. The summed E-state index contributed by atoms with van der Waals surface area (Å²) in [5.74, 6) is 0.805. The SMILES string of the molecule is COc1ccc2nccc(CCCN(CC(=O)O)C[C@@H]3CN(c4ccc5c(c4)OCCO5)C(=O)O3)c2n1. The van der Waals surface area contributed by atoms with E-state index in [1.165, 1.54) is 4.90 Å². The van der Waals surface area contributed by atoms with Crippen molar-refractivity contribution >= 4 is 28.8 Å². The molecular weight excluding hydrogens is 480 g/mol. The molecule has 37 heavy (non-hydrogen) atoms. The van der Waals surface area contributed by atoms with Crippen LogP contribution in [0.15, 0.2) is 42.6 Å². The van der Waals surface area contributed by atoms with Crippen LogP contribution in [0.25, 0.3) is 11.0 Å². The lowest BCUT2D eigenvalue weighted by atomic mass is 10.1. The van der Waals surface area contributed by atoms with Gasteiger partial charge in [-0.3, -0.25) is 19.6 Å². The Bertz CT molecular complexity index is 1300. The van der Waals surface area contributed by atoms with Crippen molar-refractivity contribution in [1.82, 2.24) is 14.9 Å². The molecule has 1 saturated heterocycles. The van der Waals surface area contributed by atoms with Crippen molar-refractivity contribution in [2.45, 2.75) is 18.9 Å². The quantitative estimate of drug-likeness (QED) is 0.437. The number of amides is 1. The molecular formula is C26H28N4O7. The average molecular weight is 509 g/mol. The lowest BCUT2D eigenvalue weighted by Crippen LogP contribution is -2.38. The lowest BCUT2D eigenvalue weighted by Gasteiger charge is -2.23. The van der Waals surface area contributed by atoms with E-state index in [0.29, 0.717) is 68.8 Å². The Kier molecular flexibility index (Phi) is 7.22. The van der Waals surface area contributed by atoms with Gasteiger partial charge in [-0.25, -0.2) is 9.78 Å². The van der Waals surface area contributed by atoms with E-state index in [9.17, 15) is 14.7 Å². The van der Waals surface area contributed by atoms with Gasteiger partial charge in [0, 0.05) is 24.9 Å². The summed E-state index contributed by atoms with van der Waals surface area (Å²) in [5.41, 5.74) is 3.20. The maximum atomic E-state index is 12.6. The van der Waals surface area contributed by atoms with E-state index in [2.05, 4.69) is 9.97 Å². The van der Waals surface area contributed by atoms with Gasteiger partial charge in [-0.1, -0.05) is 0 Å². The molecule has 1 aromatic carbocycles. The van der Waals surface area contributed by atoms with Gasteiger partial charge in [0.2, 0.25) is 5.88 Å². The monoisotopic (exact) mass is 508 g/mol. The highest BCUT2D eigenvalue weighted by molar-refractivity contribution is 5.90. The second-order valence-electron chi connectivity index (χ2n) is 8.87. The number of anilines is 1. The molecule has 1 amide bonds. The Morgan fingerprint density at radius 2 is 2.03 bits per heavy atom. The molecule has 3 aromatic rings. The molecule has 2 aliphatic heterocycles. The summed E-state index contributed by atoms with van der Waals surface area (Å²) in [7, 11) is 1.57. The highest BCUT2D eigenvalue weighted by Crippen LogP contribution is 2.35. The zero-order valence-corrected chi connectivity index (χ0v) is 20.5. The van der Waals surface area contributed by atoms with Gasteiger partial charge < -0.3 is 24.1 Å². The Morgan fingerprint density at radius 1 is 1.19 bits per heavy atom. The Labute approximate surface area is 213 Å². The number of nitrogens with zero attached hydrogens (tertiary/aromatic N) is 4. The van der Waals surface area contributed by atoms with Crippen LogP contribution < -0.4 is 19.1 Å². The Hall–Kier alpha value is -4.12. The summed E-state index contributed by atoms with van der Waals surface area (Å²) < 4.78 is 22.0. The van der Waals surface area contributed by atoms with Crippen LogP contribution in [0.5, 0.6) is 17.4 Å². The standard InChI is InChI=1S/C26H28N4O7/c1-34-23-7-5-20-25(28-23)17(8-9-27-20)3-2-10-29(16-24(31)32)14-19-15-30(26(33)37-19)18-4-6-21-22(13-18)36-12-11-35-21/h4-9,13,19H,2-3,10-12,14-16H2,1H3,(H,31,32)/t19-/m1/s1. The van der Waals surface area contributed by atoms with Gasteiger partial charge in [-0.15, -0.1) is 0 Å². The third-order valence-electron chi connectivity index (χ3n) is 6.30. The van der Waals surface area contributed by atoms with Gasteiger partial charge in [-0.05, 0) is 49.2 Å². The predicted molar refractivity (Wildman–Crippen MR) is 134 cm³/mol. The summed E-state index contributed by atoms with van der Waals surface area (Å²) in [6.45, 7) is 1.92. The molecule has 0 aliphatic carbocycles. The fraction of sp³-hybridized carbons (Fsp3) is 0.385. The molecule has 11 nitrogen and oxygen atoms in total. The van der Waals surface area contributed by atoms with Gasteiger partial charge in [0.15, 0.2) is 11.5 Å². The summed E-state index contributed by atoms with van der Waals surface area (Å²) in [4.78, 5) is 36.3. The largest absolute Gasteiger partial charge is 0.486 e. The number of pyridine rings is 2. The molecule has 194 valence electrons. The number of cyclic esters (lactones) is 1. The van der Waals surface area contributed by atoms with Crippen molar-refractivity contribution in [3.63, 3.8) is 0 Å². The fourth-order valence-electron chi connectivity index (χ4n) is 4.61. The van der Waals surface area contributed by atoms with Gasteiger partial charge >= 0.3 is 12.1 Å². The third kappa shape index (κ3) is 5.67. The number of hydrogen-bond donors (Lipinski definition) is 1. The topological polar surface area (TPSA) is 124 Å². The van der Waals surface area contributed by atoms with E-state index in [0.717, 1.165) is 16.6 Å². The number of carboxylic acids is 1. The number of ether oxygens (including phenoxy) is 4. The van der Waals surface area contributed by atoms with Crippen LogP contribution in [0.3, 0.4) is 0 Å². The molecule has 0 spiro atoms.